The fraction of sp³-hybridized carbons (Fsp3) is 0. The van der Waals surface area contributed by atoms with Gasteiger partial charge in [0.25, 0.3) is 0 Å². The SMILES string of the molecule is c1ccc(-c2nc(-c3ccccc3)nc(-n3c4ccccc4c4c(-n5c6ccccc6c6ccccc65)c5ccccc5cc43)n2)cc1.c1ccc(-c2nc(-c3ccccc3)nc(-n3c4ccccc4c4cc5cc(-n6c7ccccc7c7ccccc76)ccc5cc43)n2)cc1.c1ccc(-c2nc(-c3ccccc3)nc(-n3c4ccccc4c4cc5ccc(-n6c7ccccc7c7ccccc76)cc5cc43)n2)cc1. The Morgan fingerprint density at radius 3 is 0.674 bits per heavy atom. The van der Waals surface area contributed by atoms with E-state index in [0.29, 0.717) is 52.8 Å². The molecule has 21 aromatic carbocycles. The standard InChI is InChI=1S/3C43H27N5/c1-3-13-28(14-4-1)41-44-42(29-15-5-2-6-16-29)46-43(45-41)48-39-22-12-9-19-35(39)36-26-31-25-32(24-23-30(31)27-40(36)48)47-37-20-10-7-17-33(37)34-18-8-11-21-38(34)47;1-3-13-28(14-4-1)41-44-42(29-15-5-2-6-16-29)46-43(45-41)48-39-22-12-9-19-35(39)36-26-30-23-24-32(25-31(30)27-40(36)48)47-37-20-10-7-17-33(37)34-18-8-11-21-38(34)47;1-3-15-28(16-4-1)41-44-42(29-17-5-2-6-18-29)46-43(45-41)48-37-26-14-11-23-34(37)39-38(48)27-30-19-7-8-20-31(30)40(39)47-35-24-12-9-21-32(35)33-22-10-13-25-36(33)47/h3*1-27H. The van der Waals surface area contributed by atoms with E-state index in [1.54, 1.807) is 0 Å². The molecule has 30 aromatic rings. The van der Waals surface area contributed by atoms with Crippen molar-refractivity contribution in [2.24, 2.45) is 0 Å². The van der Waals surface area contributed by atoms with Gasteiger partial charge < -0.3 is 13.7 Å². The molecule has 15 nitrogen and oxygen atoms in total. The van der Waals surface area contributed by atoms with Crippen LogP contribution >= 0.6 is 0 Å². The van der Waals surface area contributed by atoms with Gasteiger partial charge in [0.2, 0.25) is 17.8 Å². The molecule has 0 fully saturated rings. The van der Waals surface area contributed by atoms with E-state index >= 15 is 0 Å². The van der Waals surface area contributed by atoms with Crippen LogP contribution in [0.2, 0.25) is 0 Å². The van der Waals surface area contributed by atoms with Crippen LogP contribution in [0.1, 0.15) is 0 Å². The first-order chi connectivity index (χ1) is 71.4. The summed E-state index contributed by atoms with van der Waals surface area (Å²) in [4.78, 5) is 45.6. The molecule has 9 heterocycles. The van der Waals surface area contributed by atoms with Crippen LogP contribution in [0, 0.1) is 0 Å². The quantitative estimate of drug-likeness (QED) is 0.117. The minimum Gasteiger partial charge on any atom is -0.309 e. The maximum Gasteiger partial charge on any atom is 0.238 e. The lowest BCUT2D eigenvalue weighted by Gasteiger charge is -2.15. The van der Waals surface area contributed by atoms with E-state index < -0.39 is 0 Å². The van der Waals surface area contributed by atoms with Crippen LogP contribution in [0.5, 0.6) is 0 Å². The van der Waals surface area contributed by atoms with Crippen LogP contribution in [0.25, 0.3) is 266 Å². The van der Waals surface area contributed by atoms with Crippen LogP contribution in [-0.2, 0) is 0 Å². The van der Waals surface area contributed by atoms with Gasteiger partial charge in [0.05, 0.1) is 71.9 Å². The summed E-state index contributed by atoms with van der Waals surface area (Å²) in [5.41, 5.74) is 22.5. The van der Waals surface area contributed by atoms with Crippen molar-refractivity contribution in [2.75, 3.05) is 0 Å². The van der Waals surface area contributed by atoms with Crippen LogP contribution in [-0.4, -0.2) is 72.3 Å². The summed E-state index contributed by atoms with van der Waals surface area (Å²) in [6, 6.07) is 172. The fourth-order valence-corrected chi connectivity index (χ4v) is 21.6. The second kappa shape index (κ2) is 34.1. The van der Waals surface area contributed by atoms with Gasteiger partial charge in [0.1, 0.15) is 0 Å². The highest BCUT2D eigenvalue weighted by molar-refractivity contribution is 6.23. The van der Waals surface area contributed by atoms with Gasteiger partial charge in [-0.2, -0.15) is 29.9 Å². The Bertz CT molecular complexity index is 10000. The van der Waals surface area contributed by atoms with Gasteiger partial charge in [-0.25, -0.2) is 15.0 Å². The lowest BCUT2D eigenvalue weighted by atomic mass is 10.0. The molecule has 0 amide bonds. The highest BCUT2D eigenvalue weighted by Gasteiger charge is 2.28. The van der Waals surface area contributed by atoms with E-state index in [1.807, 2.05) is 182 Å². The minimum atomic E-state index is 0.581. The molecule has 0 bridgehead atoms. The third kappa shape index (κ3) is 13.8. The Hall–Kier alpha value is -19.8. The second-order valence-electron chi connectivity index (χ2n) is 36.4. The number of rotatable bonds is 12. The average Bonchev–Trinajstić information content (AvgIpc) is 1.54. The molecule has 0 aliphatic heterocycles. The van der Waals surface area contributed by atoms with E-state index in [2.05, 4.69) is 337 Å². The average molecular weight is 1840 g/mol. The van der Waals surface area contributed by atoms with Crippen LogP contribution in [0.15, 0.2) is 491 Å². The summed E-state index contributed by atoms with van der Waals surface area (Å²) in [6.45, 7) is 0. The van der Waals surface area contributed by atoms with Crippen molar-refractivity contribution in [2.45, 2.75) is 0 Å². The number of para-hydroxylation sites is 9. The Balaban J connectivity index is 0.000000105. The molecular formula is C129H81N15. The van der Waals surface area contributed by atoms with E-state index in [9.17, 15) is 0 Å². The lowest BCUT2D eigenvalue weighted by Crippen LogP contribution is -2.06. The van der Waals surface area contributed by atoms with Crippen molar-refractivity contribution >= 4 is 163 Å². The summed E-state index contributed by atoms with van der Waals surface area (Å²) in [5, 5.41) is 21.4. The number of benzene rings is 21. The van der Waals surface area contributed by atoms with Crippen molar-refractivity contribution in [3.05, 3.63) is 491 Å². The van der Waals surface area contributed by atoms with Gasteiger partial charge in [0.15, 0.2) is 34.9 Å². The summed E-state index contributed by atoms with van der Waals surface area (Å²) < 4.78 is 13.8. The zero-order valence-corrected chi connectivity index (χ0v) is 77.5. The van der Waals surface area contributed by atoms with Crippen LogP contribution in [0.4, 0.5) is 0 Å². The summed E-state index contributed by atoms with van der Waals surface area (Å²) in [5.74, 6) is 5.59. The molecule has 9 aromatic heterocycles. The summed E-state index contributed by atoms with van der Waals surface area (Å²) >= 11 is 0. The molecule has 0 saturated heterocycles. The highest BCUT2D eigenvalue weighted by atomic mass is 15.2. The number of nitrogens with zero attached hydrogens (tertiary/aromatic N) is 15. The molecule has 0 atom stereocenters. The smallest absolute Gasteiger partial charge is 0.238 e. The molecule has 30 rings (SSSR count). The van der Waals surface area contributed by atoms with E-state index in [-0.39, 0.29) is 0 Å². The highest BCUT2D eigenvalue weighted by Crippen LogP contribution is 2.47. The molecule has 0 aliphatic rings. The first kappa shape index (κ1) is 82.5. The maximum absolute atomic E-state index is 5.18. The van der Waals surface area contributed by atoms with E-state index in [1.165, 1.54) is 81.6 Å². The van der Waals surface area contributed by atoms with Crippen molar-refractivity contribution in [3.8, 4) is 103 Å². The molecule has 15 heteroatoms. The van der Waals surface area contributed by atoms with Crippen molar-refractivity contribution in [3.63, 3.8) is 0 Å². The Morgan fingerprint density at radius 1 is 0.125 bits per heavy atom. The normalized spacial score (nSPS) is 11.8. The zero-order chi connectivity index (χ0) is 94.8. The van der Waals surface area contributed by atoms with Gasteiger partial charge in [-0.3, -0.25) is 13.7 Å². The van der Waals surface area contributed by atoms with Crippen molar-refractivity contribution < 1.29 is 0 Å². The summed E-state index contributed by atoms with van der Waals surface area (Å²) in [6.07, 6.45) is 0. The molecule has 0 radical (unpaired) electrons. The maximum atomic E-state index is 5.18. The molecule has 0 aliphatic carbocycles. The molecule has 144 heavy (non-hydrogen) atoms. The van der Waals surface area contributed by atoms with Gasteiger partial charge in [-0.1, -0.05) is 382 Å². The monoisotopic (exact) mass is 1840 g/mol. The first-order valence-electron chi connectivity index (χ1n) is 48.4. The van der Waals surface area contributed by atoms with Gasteiger partial charge in [-0.15, -0.1) is 0 Å². The van der Waals surface area contributed by atoms with E-state index in [0.717, 1.165) is 132 Å². The fourth-order valence-electron chi connectivity index (χ4n) is 21.6. The summed E-state index contributed by atoms with van der Waals surface area (Å²) in [7, 11) is 0. The second-order valence-corrected chi connectivity index (χ2v) is 36.4. The predicted molar refractivity (Wildman–Crippen MR) is 591 cm³/mol. The third-order valence-electron chi connectivity index (χ3n) is 28.0. The Labute approximate surface area is 824 Å². The number of hydrogen-bond acceptors (Lipinski definition) is 9. The van der Waals surface area contributed by atoms with Gasteiger partial charge in [0, 0.05) is 115 Å². The predicted octanol–water partition coefficient (Wildman–Crippen LogP) is 31.7. The molecule has 0 N–H and O–H groups in total. The largest absolute Gasteiger partial charge is 0.309 e. The number of fused-ring (bicyclic) bond motifs is 21. The third-order valence-corrected chi connectivity index (χ3v) is 28.0. The van der Waals surface area contributed by atoms with Crippen molar-refractivity contribution in [1.29, 1.82) is 0 Å². The number of hydrogen-bond donors (Lipinski definition) is 0. The molecule has 0 saturated carbocycles. The lowest BCUT2D eigenvalue weighted by molar-refractivity contribution is 0.953. The Kier molecular flexibility index (Phi) is 19.6. The van der Waals surface area contributed by atoms with E-state index in [4.69, 9.17) is 44.9 Å². The molecular weight excluding hydrogens is 1760 g/mol. The van der Waals surface area contributed by atoms with Gasteiger partial charge >= 0.3 is 0 Å². The molecule has 0 spiro atoms. The Morgan fingerprint density at radius 2 is 0.347 bits per heavy atom. The van der Waals surface area contributed by atoms with Gasteiger partial charge in [-0.05, 0) is 136 Å². The molecule has 0 unspecified atom stereocenters. The topological polar surface area (TPSA) is 146 Å². The first-order valence-corrected chi connectivity index (χ1v) is 48.4. The van der Waals surface area contributed by atoms with Crippen molar-refractivity contribution in [1.82, 2.24) is 72.3 Å². The molecule has 672 valence electrons. The van der Waals surface area contributed by atoms with Crippen LogP contribution in [0.3, 0.4) is 0 Å². The number of aromatic nitrogens is 15. The minimum absolute atomic E-state index is 0.581. The van der Waals surface area contributed by atoms with Crippen LogP contribution < -0.4 is 0 Å². The zero-order valence-electron chi connectivity index (χ0n) is 77.5.